The van der Waals surface area contributed by atoms with Crippen LogP contribution in [0.4, 0.5) is 0 Å². The van der Waals surface area contributed by atoms with Crippen LogP contribution in [-0.4, -0.2) is 36.1 Å². The van der Waals surface area contributed by atoms with E-state index in [1.54, 1.807) is 0 Å². The second-order valence-corrected chi connectivity index (χ2v) is 4.48. The summed E-state index contributed by atoms with van der Waals surface area (Å²) in [7, 11) is 2.18. The van der Waals surface area contributed by atoms with Crippen molar-refractivity contribution in [1.82, 2.24) is 0 Å². The average molecular weight is 291 g/mol. The van der Waals surface area contributed by atoms with Gasteiger partial charge in [0.25, 0.3) is 0 Å². The first-order chi connectivity index (χ1) is 7.27. The van der Waals surface area contributed by atoms with Crippen molar-refractivity contribution in [2.45, 2.75) is 38.5 Å². The highest BCUT2D eigenvalue weighted by Gasteiger charge is 2.17. The molecule has 0 aromatic rings. The fourth-order valence-electron chi connectivity index (χ4n) is 1.82. The monoisotopic (exact) mass is 290 g/mol. The number of rotatable bonds is 8. The van der Waals surface area contributed by atoms with Gasteiger partial charge in [0.2, 0.25) is 0 Å². The maximum atomic E-state index is 8.62. The molecule has 0 aromatic heterocycles. The molecule has 94 valence electrons. The standard InChI is InChI=1S/C12H23N2O.BrH/c1-14(10-8-13-12-14)9-6-4-2-3-5-7-11-15;/h8,10,12,15H,2-7,9,11H2,1H3;1H/q+1;/p-1. The minimum atomic E-state index is 0. The summed E-state index contributed by atoms with van der Waals surface area (Å²) in [6.07, 6.45) is 13.2. The number of aliphatic hydroxyl groups is 1. The van der Waals surface area contributed by atoms with E-state index in [-0.39, 0.29) is 17.0 Å². The maximum absolute atomic E-state index is 8.62. The lowest BCUT2D eigenvalue weighted by Gasteiger charge is -2.21. The molecular weight excluding hydrogens is 268 g/mol. The summed E-state index contributed by atoms with van der Waals surface area (Å²) in [6.45, 7) is 1.50. The van der Waals surface area contributed by atoms with Crippen LogP contribution in [0.25, 0.3) is 0 Å². The molecule has 1 heterocycles. The molecule has 1 N–H and O–H groups in total. The number of hydrogen-bond acceptors (Lipinski definition) is 2. The van der Waals surface area contributed by atoms with Crippen molar-refractivity contribution in [3.8, 4) is 0 Å². The molecule has 0 fully saturated rings. The van der Waals surface area contributed by atoms with Gasteiger partial charge in [-0.3, -0.25) is 4.48 Å². The fourth-order valence-corrected chi connectivity index (χ4v) is 1.82. The Labute approximate surface area is 109 Å². The Bertz CT molecular complexity index is 217. The zero-order valence-electron chi connectivity index (χ0n) is 10.1. The SMILES string of the molecule is C[N+]1(CCCCCCCCO)C=CN=C1.[Br-]. The van der Waals surface area contributed by atoms with Gasteiger partial charge >= 0.3 is 0 Å². The highest BCUT2D eigenvalue weighted by Crippen LogP contribution is 2.11. The molecule has 0 amide bonds. The summed E-state index contributed by atoms with van der Waals surface area (Å²) in [5.41, 5.74) is 0. The minimum Gasteiger partial charge on any atom is -1.00 e. The molecule has 3 nitrogen and oxygen atoms in total. The van der Waals surface area contributed by atoms with Crippen molar-refractivity contribution in [2.75, 3.05) is 20.2 Å². The van der Waals surface area contributed by atoms with Gasteiger partial charge in [-0.1, -0.05) is 19.3 Å². The van der Waals surface area contributed by atoms with Crippen LogP contribution in [0.2, 0.25) is 0 Å². The smallest absolute Gasteiger partial charge is 0.194 e. The Balaban J connectivity index is 0.00000225. The number of unbranched alkanes of at least 4 members (excludes halogenated alkanes) is 5. The lowest BCUT2D eigenvalue weighted by molar-refractivity contribution is -0.756. The van der Waals surface area contributed by atoms with Gasteiger partial charge in [0.1, 0.15) is 6.20 Å². The van der Waals surface area contributed by atoms with Crippen molar-refractivity contribution in [2.24, 2.45) is 4.99 Å². The summed E-state index contributed by atoms with van der Waals surface area (Å²) in [6, 6.07) is 0. The third-order valence-corrected chi connectivity index (χ3v) is 2.87. The minimum absolute atomic E-state index is 0. The van der Waals surface area contributed by atoms with Crippen molar-refractivity contribution >= 4 is 6.34 Å². The third kappa shape index (κ3) is 6.40. The van der Waals surface area contributed by atoms with E-state index in [1.165, 1.54) is 32.1 Å². The Morgan fingerprint density at radius 2 is 1.69 bits per heavy atom. The first-order valence-corrected chi connectivity index (χ1v) is 5.95. The second-order valence-electron chi connectivity index (χ2n) is 4.48. The van der Waals surface area contributed by atoms with Crippen molar-refractivity contribution in [3.63, 3.8) is 0 Å². The highest BCUT2D eigenvalue weighted by atomic mass is 79.9. The van der Waals surface area contributed by atoms with E-state index < -0.39 is 0 Å². The number of quaternary nitrogens is 1. The summed E-state index contributed by atoms with van der Waals surface area (Å²) in [5, 5.41) is 8.62. The predicted molar refractivity (Wildman–Crippen MR) is 63.5 cm³/mol. The molecule has 0 saturated heterocycles. The highest BCUT2D eigenvalue weighted by molar-refractivity contribution is 5.50. The van der Waals surface area contributed by atoms with Crippen molar-refractivity contribution in [1.29, 1.82) is 0 Å². The first-order valence-electron chi connectivity index (χ1n) is 5.95. The molecule has 1 unspecified atom stereocenters. The Morgan fingerprint density at radius 3 is 2.25 bits per heavy atom. The van der Waals surface area contributed by atoms with Gasteiger partial charge < -0.3 is 22.1 Å². The Kier molecular flexibility index (Phi) is 8.80. The molecule has 4 heteroatoms. The molecule has 0 spiro atoms. The quantitative estimate of drug-likeness (QED) is 0.465. The van der Waals surface area contributed by atoms with Gasteiger partial charge in [0.05, 0.1) is 19.8 Å². The summed E-state index contributed by atoms with van der Waals surface area (Å²) in [5.74, 6) is 0. The molecule has 0 saturated carbocycles. The van der Waals surface area contributed by atoms with Crippen LogP contribution in [0.5, 0.6) is 0 Å². The van der Waals surface area contributed by atoms with Crippen molar-refractivity contribution in [3.05, 3.63) is 12.4 Å². The normalized spacial score (nSPS) is 22.4. The van der Waals surface area contributed by atoms with Gasteiger partial charge in [-0.05, 0) is 19.3 Å². The van der Waals surface area contributed by atoms with Gasteiger partial charge in [-0.15, -0.1) is 0 Å². The summed E-state index contributed by atoms with van der Waals surface area (Å²) < 4.78 is 0.858. The molecule has 1 aliphatic rings. The van der Waals surface area contributed by atoms with Gasteiger partial charge in [-0.2, -0.15) is 0 Å². The largest absolute Gasteiger partial charge is 1.00 e. The van der Waals surface area contributed by atoms with E-state index in [0.717, 1.165) is 17.4 Å². The van der Waals surface area contributed by atoms with Gasteiger partial charge in [-0.25, -0.2) is 4.99 Å². The number of aliphatic imine (C=N–C) groups is 1. The zero-order valence-corrected chi connectivity index (χ0v) is 11.7. The van der Waals surface area contributed by atoms with E-state index in [4.69, 9.17) is 5.11 Å². The number of nitrogens with zero attached hydrogens (tertiary/aromatic N) is 2. The topological polar surface area (TPSA) is 32.6 Å². The molecule has 1 rings (SSSR count). The predicted octanol–water partition coefficient (Wildman–Crippen LogP) is -0.717. The van der Waals surface area contributed by atoms with E-state index in [2.05, 4.69) is 18.2 Å². The molecular formula is C12H23BrN2O. The number of aliphatic hydroxyl groups excluding tert-OH is 1. The Morgan fingerprint density at radius 1 is 1.06 bits per heavy atom. The van der Waals surface area contributed by atoms with Crippen LogP contribution in [0, 0.1) is 0 Å². The lowest BCUT2D eigenvalue weighted by atomic mass is 10.1. The number of halogens is 1. The zero-order chi connectivity index (χ0) is 11.0. The molecule has 0 bridgehead atoms. The van der Waals surface area contributed by atoms with Crippen LogP contribution < -0.4 is 17.0 Å². The molecule has 1 aliphatic heterocycles. The molecule has 0 radical (unpaired) electrons. The summed E-state index contributed by atoms with van der Waals surface area (Å²) in [4.78, 5) is 4.11. The average Bonchev–Trinajstić information content (AvgIpc) is 2.64. The van der Waals surface area contributed by atoms with Crippen LogP contribution >= 0.6 is 0 Å². The third-order valence-electron chi connectivity index (χ3n) is 2.87. The van der Waals surface area contributed by atoms with Crippen LogP contribution in [-0.2, 0) is 0 Å². The summed E-state index contributed by atoms with van der Waals surface area (Å²) >= 11 is 0. The molecule has 0 aliphatic carbocycles. The van der Waals surface area contributed by atoms with Crippen molar-refractivity contribution < 1.29 is 26.6 Å². The molecule has 0 aromatic carbocycles. The van der Waals surface area contributed by atoms with Crippen LogP contribution in [0.1, 0.15) is 38.5 Å². The van der Waals surface area contributed by atoms with E-state index in [9.17, 15) is 0 Å². The second kappa shape index (κ2) is 8.90. The van der Waals surface area contributed by atoms with Crippen LogP contribution in [0.3, 0.4) is 0 Å². The molecule has 1 atom stereocenters. The van der Waals surface area contributed by atoms with Gasteiger partial charge in [0, 0.05) is 6.61 Å². The number of hydrogen-bond donors (Lipinski definition) is 1. The Hall–Kier alpha value is -0.190. The van der Waals surface area contributed by atoms with Gasteiger partial charge in [0.15, 0.2) is 6.34 Å². The maximum Gasteiger partial charge on any atom is 0.194 e. The van der Waals surface area contributed by atoms with E-state index >= 15 is 0 Å². The first kappa shape index (κ1) is 15.8. The van der Waals surface area contributed by atoms with E-state index in [1.807, 2.05) is 12.5 Å². The van der Waals surface area contributed by atoms with Crippen LogP contribution in [0.15, 0.2) is 17.4 Å². The fraction of sp³-hybridized carbons (Fsp3) is 0.750. The lowest BCUT2D eigenvalue weighted by Crippen LogP contribution is -3.00. The molecule has 16 heavy (non-hydrogen) atoms. The van der Waals surface area contributed by atoms with E-state index in [0.29, 0.717) is 6.61 Å².